The summed E-state index contributed by atoms with van der Waals surface area (Å²) in [6.45, 7) is 3.58. The number of hydrogen-bond acceptors (Lipinski definition) is 5. The van der Waals surface area contributed by atoms with Gasteiger partial charge >= 0.3 is 0 Å². The van der Waals surface area contributed by atoms with E-state index in [9.17, 15) is 13.2 Å². The van der Waals surface area contributed by atoms with Gasteiger partial charge in [-0.15, -0.1) is 17.9 Å². The van der Waals surface area contributed by atoms with Crippen molar-refractivity contribution in [3.8, 4) is 11.3 Å². The molecule has 2 aromatic carbocycles. The van der Waals surface area contributed by atoms with Crippen LogP contribution < -0.4 is 10.0 Å². The lowest BCUT2D eigenvalue weighted by atomic mass is 10.2. The third-order valence-electron chi connectivity index (χ3n) is 3.69. The fourth-order valence-corrected chi connectivity index (χ4v) is 4.19. The monoisotopic (exact) mass is 433 g/mol. The Morgan fingerprint density at radius 2 is 1.96 bits per heavy atom. The van der Waals surface area contributed by atoms with Crippen molar-refractivity contribution in [2.24, 2.45) is 0 Å². The molecule has 0 bridgehead atoms. The van der Waals surface area contributed by atoms with Gasteiger partial charge in [0.1, 0.15) is 0 Å². The Labute approximate surface area is 172 Å². The van der Waals surface area contributed by atoms with Crippen molar-refractivity contribution in [1.82, 2.24) is 9.71 Å². The SMILES string of the molecule is C=CCNS(=O)(=O)c1cccc(C(=O)Nc2nc(-c3ccc(Cl)cc3)cs2)c1. The quantitative estimate of drug-likeness (QED) is 0.547. The molecule has 1 aromatic heterocycles. The minimum atomic E-state index is -3.71. The van der Waals surface area contributed by atoms with Crippen LogP contribution in [-0.4, -0.2) is 25.9 Å². The zero-order chi connectivity index (χ0) is 20.1. The van der Waals surface area contributed by atoms with Crippen LogP contribution in [-0.2, 0) is 10.0 Å². The second-order valence-electron chi connectivity index (χ2n) is 5.67. The number of carbonyl (C=O) groups is 1. The Bertz CT molecular complexity index is 1110. The fourth-order valence-electron chi connectivity index (χ4n) is 2.31. The van der Waals surface area contributed by atoms with Gasteiger partial charge in [0, 0.05) is 28.1 Å². The molecule has 0 radical (unpaired) electrons. The van der Waals surface area contributed by atoms with E-state index in [1.807, 2.05) is 17.5 Å². The first-order chi connectivity index (χ1) is 13.4. The average molecular weight is 434 g/mol. The Morgan fingerprint density at radius 1 is 1.21 bits per heavy atom. The highest BCUT2D eigenvalue weighted by molar-refractivity contribution is 7.89. The van der Waals surface area contributed by atoms with E-state index in [0.717, 1.165) is 5.56 Å². The zero-order valence-electron chi connectivity index (χ0n) is 14.6. The Morgan fingerprint density at radius 3 is 2.68 bits per heavy atom. The van der Waals surface area contributed by atoms with Crippen molar-refractivity contribution in [3.63, 3.8) is 0 Å². The lowest BCUT2D eigenvalue weighted by Crippen LogP contribution is -2.24. The van der Waals surface area contributed by atoms with Crippen molar-refractivity contribution in [3.05, 3.63) is 77.2 Å². The maximum atomic E-state index is 12.5. The predicted molar refractivity (Wildman–Crippen MR) is 112 cm³/mol. The number of sulfonamides is 1. The molecule has 3 aromatic rings. The van der Waals surface area contributed by atoms with E-state index in [4.69, 9.17) is 11.6 Å². The number of thiazole rings is 1. The number of halogens is 1. The highest BCUT2D eigenvalue weighted by atomic mass is 35.5. The van der Waals surface area contributed by atoms with Crippen LogP contribution in [0.25, 0.3) is 11.3 Å². The molecule has 0 saturated heterocycles. The molecule has 9 heteroatoms. The first-order valence-electron chi connectivity index (χ1n) is 8.12. The molecule has 0 atom stereocenters. The summed E-state index contributed by atoms with van der Waals surface area (Å²) in [5.74, 6) is -0.447. The van der Waals surface area contributed by atoms with Crippen LogP contribution in [0, 0.1) is 0 Å². The molecule has 6 nitrogen and oxygen atoms in total. The van der Waals surface area contributed by atoms with E-state index in [2.05, 4.69) is 21.6 Å². The largest absolute Gasteiger partial charge is 0.298 e. The molecule has 28 heavy (non-hydrogen) atoms. The zero-order valence-corrected chi connectivity index (χ0v) is 16.9. The summed E-state index contributed by atoms with van der Waals surface area (Å²) < 4.78 is 26.8. The number of aromatic nitrogens is 1. The number of rotatable bonds is 7. The van der Waals surface area contributed by atoms with Gasteiger partial charge < -0.3 is 0 Å². The van der Waals surface area contributed by atoms with Gasteiger partial charge in [0.25, 0.3) is 5.91 Å². The predicted octanol–water partition coefficient (Wildman–Crippen LogP) is 4.18. The van der Waals surface area contributed by atoms with Crippen LogP contribution in [0.4, 0.5) is 5.13 Å². The summed E-state index contributed by atoms with van der Waals surface area (Å²) in [6, 6.07) is 13.0. The average Bonchev–Trinajstić information content (AvgIpc) is 3.15. The number of nitrogens with one attached hydrogen (secondary N) is 2. The summed E-state index contributed by atoms with van der Waals surface area (Å²) in [7, 11) is -3.71. The number of carbonyl (C=O) groups excluding carboxylic acids is 1. The molecule has 0 saturated carbocycles. The Hall–Kier alpha value is -2.52. The van der Waals surface area contributed by atoms with Crippen LogP contribution in [0.15, 0.2) is 71.5 Å². The normalized spacial score (nSPS) is 11.2. The van der Waals surface area contributed by atoms with Gasteiger partial charge in [0.15, 0.2) is 5.13 Å². The summed E-state index contributed by atoms with van der Waals surface area (Å²) in [5, 5.41) is 5.55. The number of benzene rings is 2. The molecule has 0 aliphatic rings. The van der Waals surface area contributed by atoms with Gasteiger partial charge in [0.2, 0.25) is 10.0 Å². The van der Waals surface area contributed by atoms with Gasteiger partial charge in [-0.05, 0) is 30.3 Å². The fraction of sp³-hybridized carbons (Fsp3) is 0.0526. The molecule has 0 aliphatic carbocycles. The molecular formula is C19H16ClN3O3S2. The van der Waals surface area contributed by atoms with Gasteiger partial charge in [-0.3, -0.25) is 10.1 Å². The number of nitrogens with zero attached hydrogens (tertiary/aromatic N) is 1. The minimum absolute atomic E-state index is 0.00277. The van der Waals surface area contributed by atoms with Crippen LogP contribution >= 0.6 is 22.9 Å². The van der Waals surface area contributed by atoms with E-state index in [-0.39, 0.29) is 17.0 Å². The van der Waals surface area contributed by atoms with Crippen LogP contribution in [0.2, 0.25) is 5.02 Å². The minimum Gasteiger partial charge on any atom is -0.298 e. The first-order valence-corrected chi connectivity index (χ1v) is 10.9. The number of hydrogen-bond donors (Lipinski definition) is 2. The van der Waals surface area contributed by atoms with E-state index in [0.29, 0.717) is 15.8 Å². The van der Waals surface area contributed by atoms with Crippen molar-refractivity contribution in [1.29, 1.82) is 0 Å². The van der Waals surface area contributed by atoms with E-state index < -0.39 is 15.9 Å². The van der Waals surface area contributed by atoms with E-state index in [1.165, 1.54) is 41.7 Å². The maximum absolute atomic E-state index is 12.5. The van der Waals surface area contributed by atoms with Crippen molar-refractivity contribution in [2.75, 3.05) is 11.9 Å². The summed E-state index contributed by atoms with van der Waals surface area (Å²) >= 11 is 7.16. The number of anilines is 1. The molecule has 2 N–H and O–H groups in total. The second kappa shape index (κ2) is 8.66. The topological polar surface area (TPSA) is 88.2 Å². The Balaban J connectivity index is 1.76. The molecular weight excluding hydrogens is 418 g/mol. The summed E-state index contributed by atoms with van der Waals surface area (Å²) in [4.78, 5) is 16.9. The maximum Gasteiger partial charge on any atom is 0.257 e. The second-order valence-corrected chi connectivity index (χ2v) is 8.73. The standard InChI is InChI=1S/C19H16ClN3O3S2/c1-2-10-21-28(25,26)16-5-3-4-14(11-16)18(24)23-19-22-17(12-27-19)13-6-8-15(20)9-7-13/h2-9,11-12,21H,1,10H2,(H,22,23,24). The molecule has 0 aliphatic heterocycles. The molecule has 1 heterocycles. The van der Waals surface area contributed by atoms with E-state index >= 15 is 0 Å². The van der Waals surface area contributed by atoms with Crippen molar-refractivity contribution < 1.29 is 13.2 Å². The van der Waals surface area contributed by atoms with Crippen molar-refractivity contribution >= 4 is 44.0 Å². The third kappa shape index (κ3) is 4.85. The van der Waals surface area contributed by atoms with Gasteiger partial charge in [-0.1, -0.05) is 35.9 Å². The summed E-state index contributed by atoms with van der Waals surface area (Å²) in [6.07, 6.45) is 1.44. The highest BCUT2D eigenvalue weighted by Gasteiger charge is 2.16. The third-order valence-corrected chi connectivity index (χ3v) is 6.12. The molecule has 1 amide bonds. The van der Waals surface area contributed by atoms with Crippen LogP contribution in [0.1, 0.15) is 10.4 Å². The lowest BCUT2D eigenvalue weighted by Gasteiger charge is -2.07. The molecule has 144 valence electrons. The van der Waals surface area contributed by atoms with Crippen LogP contribution in [0.5, 0.6) is 0 Å². The lowest BCUT2D eigenvalue weighted by molar-refractivity contribution is 0.102. The van der Waals surface area contributed by atoms with E-state index in [1.54, 1.807) is 12.1 Å². The molecule has 3 rings (SSSR count). The molecule has 0 spiro atoms. The first kappa shape index (κ1) is 20.2. The Kier molecular flexibility index (Phi) is 6.25. The molecule has 0 unspecified atom stereocenters. The highest BCUT2D eigenvalue weighted by Crippen LogP contribution is 2.26. The van der Waals surface area contributed by atoms with Crippen LogP contribution in [0.3, 0.4) is 0 Å². The van der Waals surface area contributed by atoms with Crippen molar-refractivity contribution in [2.45, 2.75) is 4.90 Å². The number of amides is 1. The molecule has 0 fully saturated rings. The van der Waals surface area contributed by atoms with Gasteiger partial charge in [-0.25, -0.2) is 18.1 Å². The smallest absolute Gasteiger partial charge is 0.257 e. The van der Waals surface area contributed by atoms with Gasteiger partial charge in [0.05, 0.1) is 10.6 Å². The summed E-state index contributed by atoms with van der Waals surface area (Å²) in [5.41, 5.74) is 1.80. The van der Waals surface area contributed by atoms with Gasteiger partial charge in [-0.2, -0.15) is 0 Å².